The molecule has 252 valence electrons. The van der Waals surface area contributed by atoms with E-state index in [0.29, 0.717) is 37.3 Å². The van der Waals surface area contributed by atoms with Crippen molar-refractivity contribution in [1.29, 1.82) is 0 Å². The first-order chi connectivity index (χ1) is 22.6. The third-order valence-electron chi connectivity index (χ3n) is 10.4. The van der Waals surface area contributed by atoms with E-state index in [0.717, 1.165) is 16.8 Å². The van der Waals surface area contributed by atoms with E-state index in [1.165, 1.54) is 0 Å². The lowest BCUT2D eigenvalue weighted by molar-refractivity contribution is -0.145. The summed E-state index contributed by atoms with van der Waals surface area (Å²) in [6.07, 6.45) is 4.52. The van der Waals surface area contributed by atoms with Gasteiger partial charge in [0.25, 0.3) is 5.91 Å². The number of aryl methyl sites for hydroxylation is 2. The maximum atomic E-state index is 15.0. The van der Waals surface area contributed by atoms with Gasteiger partial charge in [0.15, 0.2) is 0 Å². The number of aliphatic hydroxyl groups excluding tert-OH is 1. The van der Waals surface area contributed by atoms with Gasteiger partial charge in [-0.2, -0.15) is 0 Å². The standard InChI is InChI=1S/C38H49N3O6/c1-8-20-39(27-14-16-28(17-15-27)46-11-4)35(43)32-31-18-19-38(47-31)33(32)36(44)41(30(23-42)25(6)10-3)34(38)37(45)40(21-9-2)29-22-24(5)12-13-26(29)7/h8-9,12-17,22,25,30-34,42H,1-2,10-11,18-21,23H2,3-7H3/t25-,30-,31+,32-,33-,34?,38?/m0/s1. The minimum Gasteiger partial charge on any atom is -0.494 e. The largest absolute Gasteiger partial charge is 0.494 e. The lowest BCUT2D eigenvalue weighted by atomic mass is 9.70. The molecule has 9 heteroatoms. The fraction of sp³-hybridized carbons (Fsp3) is 0.500. The molecular formula is C38H49N3O6. The van der Waals surface area contributed by atoms with Gasteiger partial charge in [-0.15, -0.1) is 13.2 Å². The molecule has 3 aliphatic heterocycles. The Bertz CT molecular complexity index is 1510. The van der Waals surface area contributed by atoms with Gasteiger partial charge in [0, 0.05) is 24.5 Å². The molecule has 9 nitrogen and oxygen atoms in total. The predicted molar refractivity (Wildman–Crippen MR) is 183 cm³/mol. The van der Waals surface area contributed by atoms with E-state index in [9.17, 15) is 14.7 Å². The highest BCUT2D eigenvalue weighted by Gasteiger charge is 2.75. The van der Waals surface area contributed by atoms with Crippen molar-refractivity contribution < 1.29 is 29.0 Å². The van der Waals surface area contributed by atoms with Crippen LogP contribution < -0.4 is 14.5 Å². The Labute approximate surface area is 278 Å². The van der Waals surface area contributed by atoms with Crippen molar-refractivity contribution in [2.24, 2.45) is 17.8 Å². The molecule has 0 aliphatic carbocycles. The Morgan fingerprint density at radius 2 is 1.77 bits per heavy atom. The molecule has 3 fully saturated rings. The van der Waals surface area contributed by atoms with Gasteiger partial charge in [0.05, 0.1) is 37.2 Å². The molecule has 5 rings (SSSR count). The topological polar surface area (TPSA) is 99.6 Å². The lowest BCUT2D eigenvalue weighted by Gasteiger charge is -2.41. The molecule has 3 amide bonds. The van der Waals surface area contributed by atoms with Crippen LogP contribution in [0.3, 0.4) is 0 Å². The monoisotopic (exact) mass is 643 g/mol. The molecule has 3 heterocycles. The van der Waals surface area contributed by atoms with Crippen LogP contribution in [0.2, 0.25) is 0 Å². The van der Waals surface area contributed by atoms with E-state index in [1.807, 2.05) is 77.1 Å². The number of aliphatic hydroxyl groups is 1. The van der Waals surface area contributed by atoms with Crippen molar-refractivity contribution in [3.63, 3.8) is 0 Å². The number of amides is 3. The fourth-order valence-electron chi connectivity index (χ4n) is 7.94. The first kappa shape index (κ1) is 34.4. The normalized spacial score (nSPS) is 25.7. The Hall–Kier alpha value is -3.95. The van der Waals surface area contributed by atoms with Crippen molar-refractivity contribution in [2.45, 2.75) is 77.7 Å². The van der Waals surface area contributed by atoms with E-state index in [-0.39, 0.29) is 43.3 Å². The molecule has 0 aromatic heterocycles. The SMILES string of the molecule is C=CCN(C(=O)[C@@H]1[C@H]2C(=O)N([C@@H](CO)[C@@H](C)CC)C(C(=O)N(CC=C)c3cc(C)ccc3C)C23CC[C@H]1O3)c1ccc(OCC)cc1. The zero-order valence-electron chi connectivity index (χ0n) is 28.4. The Morgan fingerprint density at radius 1 is 1.09 bits per heavy atom. The number of nitrogens with zero attached hydrogens (tertiary/aromatic N) is 3. The predicted octanol–water partition coefficient (Wildman–Crippen LogP) is 5.22. The molecule has 2 aromatic carbocycles. The van der Waals surface area contributed by atoms with Crippen LogP contribution in [0.1, 0.15) is 51.2 Å². The highest BCUT2D eigenvalue weighted by molar-refractivity contribution is 6.07. The number of anilines is 2. The van der Waals surface area contributed by atoms with E-state index in [4.69, 9.17) is 9.47 Å². The van der Waals surface area contributed by atoms with Gasteiger partial charge in [-0.05, 0) is 81.0 Å². The number of benzene rings is 2. The molecule has 3 aliphatic rings. The maximum Gasteiger partial charge on any atom is 0.253 e. The summed E-state index contributed by atoms with van der Waals surface area (Å²) >= 11 is 0. The van der Waals surface area contributed by atoms with Crippen LogP contribution in [0.15, 0.2) is 67.8 Å². The zero-order valence-corrected chi connectivity index (χ0v) is 28.4. The number of likely N-dealkylation sites (tertiary alicyclic amines) is 1. The molecule has 0 radical (unpaired) electrons. The fourth-order valence-corrected chi connectivity index (χ4v) is 7.94. The molecule has 2 bridgehead atoms. The van der Waals surface area contributed by atoms with Crippen molar-refractivity contribution in [2.75, 3.05) is 36.1 Å². The summed E-state index contributed by atoms with van der Waals surface area (Å²) in [4.78, 5) is 49.4. The molecule has 1 spiro atoms. The molecule has 2 aromatic rings. The second-order valence-corrected chi connectivity index (χ2v) is 13.1. The average molecular weight is 644 g/mol. The maximum absolute atomic E-state index is 15.0. The van der Waals surface area contributed by atoms with Crippen LogP contribution in [-0.4, -0.2) is 77.8 Å². The summed E-state index contributed by atoms with van der Waals surface area (Å²) in [6, 6.07) is 11.6. The minimum atomic E-state index is -1.21. The van der Waals surface area contributed by atoms with E-state index >= 15 is 4.79 Å². The van der Waals surface area contributed by atoms with Gasteiger partial charge >= 0.3 is 0 Å². The number of hydrogen-bond donors (Lipinski definition) is 1. The summed E-state index contributed by atoms with van der Waals surface area (Å²) in [5.74, 6) is -1.93. The highest BCUT2D eigenvalue weighted by atomic mass is 16.5. The van der Waals surface area contributed by atoms with E-state index in [1.54, 1.807) is 26.9 Å². The number of fused-ring (bicyclic) bond motifs is 1. The molecule has 1 N–H and O–H groups in total. The number of carbonyl (C=O) groups is 3. The number of rotatable bonds is 14. The molecule has 0 saturated carbocycles. The molecule has 2 unspecified atom stereocenters. The summed E-state index contributed by atoms with van der Waals surface area (Å²) in [5, 5.41) is 10.7. The average Bonchev–Trinajstić information content (AvgIpc) is 3.71. The Morgan fingerprint density at radius 3 is 2.38 bits per heavy atom. The summed E-state index contributed by atoms with van der Waals surface area (Å²) in [6.45, 7) is 18.3. The van der Waals surface area contributed by atoms with Crippen molar-refractivity contribution in [1.82, 2.24) is 4.90 Å². The second kappa shape index (κ2) is 14.0. The van der Waals surface area contributed by atoms with Crippen molar-refractivity contribution >= 4 is 29.1 Å². The number of ether oxygens (including phenoxy) is 2. The number of carbonyl (C=O) groups excluding carboxylic acids is 3. The molecule has 3 saturated heterocycles. The third-order valence-corrected chi connectivity index (χ3v) is 10.4. The van der Waals surface area contributed by atoms with Gasteiger partial charge < -0.3 is 29.3 Å². The highest BCUT2D eigenvalue weighted by Crippen LogP contribution is 2.60. The van der Waals surface area contributed by atoms with E-state index < -0.39 is 35.6 Å². The molecule has 47 heavy (non-hydrogen) atoms. The lowest BCUT2D eigenvalue weighted by Crippen LogP contribution is -2.60. The van der Waals surface area contributed by atoms with Crippen molar-refractivity contribution in [3.8, 4) is 5.75 Å². The first-order valence-corrected chi connectivity index (χ1v) is 16.8. The van der Waals surface area contributed by atoms with Gasteiger partial charge in [-0.1, -0.05) is 44.6 Å². The summed E-state index contributed by atoms with van der Waals surface area (Å²) in [5.41, 5.74) is 2.09. The van der Waals surface area contributed by atoms with Crippen LogP contribution in [0.25, 0.3) is 0 Å². The first-order valence-electron chi connectivity index (χ1n) is 16.8. The Kier molecular flexibility index (Phi) is 10.3. The quantitative estimate of drug-likeness (QED) is 0.284. The van der Waals surface area contributed by atoms with Gasteiger partial charge in [-0.3, -0.25) is 14.4 Å². The summed E-state index contributed by atoms with van der Waals surface area (Å²) < 4.78 is 12.4. The second-order valence-electron chi connectivity index (χ2n) is 13.1. The van der Waals surface area contributed by atoms with Crippen molar-refractivity contribution in [3.05, 3.63) is 78.9 Å². The molecular weight excluding hydrogens is 594 g/mol. The molecule has 7 atom stereocenters. The third kappa shape index (κ3) is 5.89. The van der Waals surface area contributed by atoms with Gasteiger partial charge in [-0.25, -0.2) is 0 Å². The van der Waals surface area contributed by atoms with E-state index in [2.05, 4.69) is 13.2 Å². The zero-order chi connectivity index (χ0) is 34.0. The van der Waals surface area contributed by atoms with Gasteiger partial charge in [0.2, 0.25) is 11.8 Å². The van der Waals surface area contributed by atoms with Gasteiger partial charge in [0.1, 0.15) is 17.4 Å². The van der Waals surface area contributed by atoms with Crippen LogP contribution in [-0.2, 0) is 19.1 Å². The van der Waals surface area contributed by atoms with Crippen LogP contribution in [0.4, 0.5) is 11.4 Å². The van der Waals surface area contributed by atoms with Crippen LogP contribution in [0.5, 0.6) is 5.75 Å². The Balaban J connectivity index is 1.61. The van der Waals surface area contributed by atoms with Crippen LogP contribution in [0, 0.1) is 31.6 Å². The summed E-state index contributed by atoms with van der Waals surface area (Å²) in [7, 11) is 0. The minimum absolute atomic E-state index is 0.101. The smallest absolute Gasteiger partial charge is 0.253 e. The van der Waals surface area contributed by atoms with Crippen LogP contribution >= 0.6 is 0 Å². The number of hydrogen-bond acceptors (Lipinski definition) is 6.